The minimum absolute atomic E-state index is 0.811. The summed E-state index contributed by atoms with van der Waals surface area (Å²) in [5, 5.41) is 0. The van der Waals surface area contributed by atoms with Gasteiger partial charge in [0.05, 0.1) is 0 Å². The second-order valence-electron chi connectivity index (χ2n) is 2.41. The minimum Gasteiger partial charge on any atom is -0.402 e. The van der Waals surface area contributed by atoms with Crippen LogP contribution in [0.5, 0.6) is 0 Å². The first-order valence-corrected chi connectivity index (χ1v) is 3.56. The van der Waals surface area contributed by atoms with Crippen molar-refractivity contribution in [2.45, 2.75) is 13.8 Å². The van der Waals surface area contributed by atoms with Crippen molar-refractivity contribution in [2.24, 2.45) is 5.73 Å². The summed E-state index contributed by atoms with van der Waals surface area (Å²) >= 11 is 0. The summed E-state index contributed by atoms with van der Waals surface area (Å²) in [6.45, 7) is 7.48. The molecule has 0 aromatic rings. The van der Waals surface area contributed by atoms with Crippen LogP contribution in [0.1, 0.15) is 13.8 Å². The van der Waals surface area contributed by atoms with Gasteiger partial charge in [0.1, 0.15) is 0 Å². The first kappa shape index (κ1) is 9.76. The molecule has 0 aromatic carbocycles. The molecule has 0 aliphatic carbocycles. The van der Waals surface area contributed by atoms with E-state index in [9.17, 15) is 0 Å². The average Bonchev–Trinajstić information content (AvgIpc) is 1.97. The van der Waals surface area contributed by atoms with E-state index in [4.69, 9.17) is 5.73 Å². The van der Waals surface area contributed by atoms with E-state index in [1.165, 1.54) is 0 Å². The summed E-state index contributed by atoms with van der Waals surface area (Å²) in [6, 6.07) is 0. The Kier molecular flexibility index (Phi) is 4.91. The third-order valence-electron chi connectivity index (χ3n) is 1.15. The Morgan fingerprint density at radius 1 is 1.18 bits per heavy atom. The zero-order valence-electron chi connectivity index (χ0n) is 7.17. The van der Waals surface area contributed by atoms with Crippen LogP contribution < -0.4 is 5.73 Å². The van der Waals surface area contributed by atoms with Crippen LogP contribution in [0.15, 0.2) is 48.2 Å². The molecule has 0 fully saturated rings. The zero-order chi connectivity index (χ0) is 8.69. The van der Waals surface area contributed by atoms with Crippen LogP contribution in [0.3, 0.4) is 0 Å². The molecule has 0 aliphatic rings. The second kappa shape index (κ2) is 5.54. The first-order chi connectivity index (χ1) is 5.16. The Balaban J connectivity index is 3.96. The fourth-order valence-electron chi connectivity index (χ4n) is 0.483. The van der Waals surface area contributed by atoms with Crippen molar-refractivity contribution in [3.63, 3.8) is 0 Å². The number of hydrogen-bond donors (Lipinski definition) is 1. The quantitative estimate of drug-likeness (QED) is 0.613. The highest BCUT2D eigenvalue weighted by Crippen LogP contribution is 1.93. The van der Waals surface area contributed by atoms with Crippen molar-refractivity contribution in [1.29, 1.82) is 0 Å². The van der Waals surface area contributed by atoms with Crippen LogP contribution >= 0.6 is 0 Å². The summed E-state index contributed by atoms with van der Waals surface area (Å²) < 4.78 is 0. The Labute approximate surface area is 68.6 Å². The zero-order valence-corrected chi connectivity index (χ0v) is 7.17. The molecule has 0 amide bonds. The van der Waals surface area contributed by atoms with E-state index in [1.807, 2.05) is 44.2 Å². The fourth-order valence-corrected chi connectivity index (χ4v) is 0.483. The molecule has 0 heterocycles. The van der Waals surface area contributed by atoms with Gasteiger partial charge in [-0.05, 0) is 19.9 Å². The second-order valence-corrected chi connectivity index (χ2v) is 2.41. The lowest BCUT2D eigenvalue weighted by atomic mass is 10.2. The number of nitrogens with two attached hydrogens (primary N) is 1. The van der Waals surface area contributed by atoms with Crippen LogP contribution in [0.2, 0.25) is 0 Å². The van der Waals surface area contributed by atoms with Crippen molar-refractivity contribution in [3.05, 3.63) is 48.2 Å². The van der Waals surface area contributed by atoms with E-state index in [2.05, 4.69) is 6.58 Å². The molecule has 0 aromatic heterocycles. The minimum atomic E-state index is 0.811. The predicted octanol–water partition coefficient (Wildman–Crippen LogP) is 2.54. The van der Waals surface area contributed by atoms with Gasteiger partial charge in [-0.15, -0.1) is 0 Å². The molecule has 0 radical (unpaired) electrons. The van der Waals surface area contributed by atoms with E-state index in [0.717, 1.165) is 11.3 Å². The Bertz CT molecular complexity index is 203. The van der Waals surface area contributed by atoms with Gasteiger partial charge in [-0.3, -0.25) is 0 Å². The SMILES string of the molecule is C=C/C(C)=C/C=C\C=C(/C)N. The van der Waals surface area contributed by atoms with Crippen LogP contribution in [0.4, 0.5) is 0 Å². The lowest BCUT2D eigenvalue weighted by Gasteiger charge is -1.84. The monoisotopic (exact) mass is 149 g/mol. The van der Waals surface area contributed by atoms with Gasteiger partial charge in [0.25, 0.3) is 0 Å². The molecule has 0 unspecified atom stereocenters. The highest BCUT2D eigenvalue weighted by Gasteiger charge is 1.73. The van der Waals surface area contributed by atoms with Gasteiger partial charge in [0.15, 0.2) is 0 Å². The third-order valence-corrected chi connectivity index (χ3v) is 1.15. The molecule has 0 saturated heterocycles. The molecule has 1 nitrogen and oxygen atoms in total. The van der Waals surface area contributed by atoms with Crippen molar-refractivity contribution in [2.75, 3.05) is 0 Å². The van der Waals surface area contributed by atoms with Crippen LogP contribution in [0.25, 0.3) is 0 Å². The van der Waals surface area contributed by atoms with Gasteiger partial charge in [0, 0.05) is 5.70 Å². The third kappa shape index (κ3) is 6.65. The molecular formula is C10H15N. The van der Waals surface area contributed by atoms with E-state index >= 15 is 0 Å². The van der Waals surface area contributed by atoms with E-state index in [0.29, 0.717) is 0 Å². The van der Waals surface area contributed by atoms with E-state index < -0.39 is 0 Å². The summed E-state index contributed by atoms with van der Waals surface area (Å²) in [4.78, 5) is 0. The lowest BCUT2D eigenvalue weighted by molar-refractivity contribution is 1.32. The molecule has 0 atom stereocenters. The average molecular weight is 149 g/mol. The van der Waals surface area contributed by atoms with Crippen molar-refractivity contribution < 1.29 is 0 Å². The molecule has 0 aliphatic heterocycles. The molecule has 11 heavy (non-hydrogen) atoms. The Hall–Kier alpha value is -1.24. The number of allylic oxidation sites excluding steroid dienone is 7. The molecular weight excluding hydrogens is 134 g/mol. The molecule has 2 N–H and O–H groups in total. The standard InChI is InChI=1S/C10H15N/c1-4-9(2)7-5-6-8-10(3)11/h4-8H,1,11H2,2-3H3/b6-5-,9-7+,10-8+. The van der Waals surface area contributed by atoms with Crippen LogP contribution in [-0.2, 0) is 0 Å². The molecule has 1 heteroatoms. The van der Waals surface area contributed by atoms with Gasteiger partial charge in [-0.25, -0.2) is 0 Å². The summed E-state index contributed by atoms with van der Waals surface area (Å²) in [5.74, 6) is 0. The summed E-state index contributed by atoms with van der Waals surface area (Å²) in [5.41, 5.74) is 7.36. The van der Waals surface area contributed by atoms with Gasteiger partial charge < -0.3 is 5.73 Å². The Morgan fingerprint density at radius 2 is 1.73 bits per heavy atom. The molecule has 60 valence electrons. The van der Waals surface area contributed by atoms with Gasteiger partial charge >= 0.3 is 0 Å². The highest BCUT2D eigenvalue weighted by atomic mass is 14.5. The van der Waals surface area contributed by atoms with Crippen molar-refractivity contribution in [3.8, 4) is 0 Å². The lowest BCUT2D eigenvalue weighted by Crippen LogP contribution is -1.87. The van der Waals surface area contributed by atoms with Crippen molar-refractivity contribution >= 4 is 0 Å². The van der Waals surface area contributed by atoms with Crippen LogP contribution in [0, 0.1) is 0 Å². The molecule has 0 saturated carbocycles. The maximum absolute atomic E-state index is 5.41. The largest absolute Gasteiger partial charge is 0.402 e. The fraction of sp³-hybridized carbons (Fsp3) is 0.200. The van der Waals surface area contributed by atoms with E-state index in [1.54, 1.807) is 0 Å². The van der Waals surface area contributed by atoms with Gasteiger partial charge in [-0.1, -0.05) is 36.5 Å². The van der Waals surface area contributed by atoms with Gasteiger partial charge in [0.2, 0.25) is 0 Å². The first-order valence-electron chi connectivity index (χ1n) is 3.56. The Morgan fingerprint density at radius 3 is 2.18 bits per heavy atom. The maximum Gasteiger partial charge on any atom is 0.00488 e. The number of hydrogen-bond acceptors (Lipinski definition) is 1. The summed E-state index contributed by atoms with van der Waals surface area (Å²) in [7, 11) is 0. The number of rotatable bonds is 3. The normalized spacial score (nSPS) is 14.0. The van der Waals surface area contributed by atoms with E-state index in [-0.39, 0.29) is 0 Å². The molecule has 0 rings (SSSR count). The van der Waals surface area contributed by atoms with Crippen molar-refractivity contribution in [1.82, 2.24) is 0 Å². The van der Waals surface area contributed by atoms with Gasteiger partial charge in [-0.2, -0.15) is 0 Å². The topological polar surface area (TPSA) is 26.0 Å². The molecule has 0 spiro atoms. The maximum atomic E-state index is 5.41. The smallest absolute Gasteiger partial charge is 0.00488 e. The van der Waals surface area contributed by atoms with Crippen LogP contribution in [-0.4, -0.2) is 0 Å². The molecule has 0 bridgehead atoms. The highest BCUT2D eigenvalue weighted by molar-refractivity contribution is 5.22. The predicted molar refractivity (Wildman–Crippen MR) is 51.0 cm³/mol. The summed E-state index contributed by atoms with van der Waals surface area (Å²) in [6.07, 6.45) is 9.48.